The Balaban J connectivity index is 1.62. The van der Waals surface area contributed by atoms with E-state index in [1.807, 2.05) is 12.1 Å². The number of halogens is 2. The van der Waals surface area contributed by atoms with Crippen molar-refractivity contribution in [3.05, 3.63) is 72.1 Å². The fourth-order valence-corrected chi connectivity index (χ4v) is 3.11. The molecule has 1 aromatic carbocycles. The molecule has 1 amide bonds. The summed E-state index contributed by atoms with van der Waals surface area (Å²) < 4.78 is 28.1. The van der Waals surface area contributed by atoms with E-state index in [-0.39, 0.29) is 11.9 Å². The number of fused-ring (bicyclic) bond motifs is 1. The Bertz CT molecular complexity index is 1070. The van der Waals surface area contributed by atoms with Crippen molar-refractivity contribution in [3.8, 4) is 0 Å². The van der Waals surface area contributed by atoms with Crippen molar-refractivity contribution in [2.24, 2.45) is 0 Å². The molecule has 5 nitrogen and oxygen atoms in total. The zero-order valence-electron chi connectivity index (χ0n) is 14.3. The Morgan fingerprint density at radius 3 is 2.78 bits per heavy atom. The molecule has 1 aliphatic rings. The van der Waals surface area contributed by atoms with Crippen LogP contribution in [-0.4, -0.2) is 38.7 Å². The van der Waals surface area contributed by atoms with E-state index in [1.165, 1.54) is 17.0 Å². The third kappa shape index (κ3) is 3.23. The van der Waals surface area contributed by atoms with Crippen LogP contribution in [0.5, 0.6) is 0 Å². The van der Waals surface area contributed by atoms with Crippen molar-refractivity contribution < 1.29 is 13.6 Å². The van der Waals surface area contributed by atoms with E-state index in [0.29, 0.717) is 24.4 Å². The fourth-order valence-electron chi connectivity index (χ4n) is 3.11. The van der Waals surface area contributed by atoms with Crippen LogP contribution >= 0.6 is 0 Å². The van der Waals surface area contributed by atoms with E-state index < -0.39 is 11.7 Å². The van der Waals surface area contributed by atoms with Crippen LogP contribution in [0.3, 0.4) is 0 Å². The summed E-state index contributed by atoms with van der Waals surface area (Å²) in [5.74, 6) is -1.96. The molecule has 0 unspecified atom stereocenters. The first kappa shape index (κ1) is 17.1. The molecule has 0 spiro atoms. The maximum Gasteiger partial charge on any atom is 0.282 e. The molecule has 0 atom stereocenters. The fraction of sp³-hybridized carbons (Fsp3) is 0.150. The smallest absolute Gasteiger partial charge is 0.282 e. The van der Waals surface area contributed by atoms with E-state index in [0.717, 1.165) is 10.9 Å². The van der Waals surface area contributed by atoms with Crippen LogP contribution in [0.2, 0.25) is 0 Å². The number of hydrogen-bond donors (Lipinski definition) is 0. The highest BCUT2D eigenvalue weighted by atomic mass is 19.1. The molecule has 1 fully saturated rings. The lowest BCUT2D eigenvalue weighted by Crippen LogP contribution is -2.51. The van der Waals surface area contributed by atoms with Crippen LogP contribution in [0.25, 0.3) is 23.2 Å². The Labute approximate surface area is 154 Å². The molecular weight excluding hydrogens is 350 g/mol. The van der Waals surface area contributed by atoms with E-state index >= 15 is 0 Å². The second kappa shape index (κ2) is 6.75. The summed E-state index contributed by atoms with van der Waals surface area (Å²) in [5, 5.41) is 5.46. The third-order valence-electron chi connectivity index (χ3n) is 4.50. The highest BCUT2D eigenvalue weighted by Gasteiger charge is 2.35. The van der Waals surface area contributed by atoms with Gasteiger partial charge in [-0.25, -0.2) is 18.4 Å². The molecule has 27 heavy (non-hydrogen) atoms. The van der Waals surface area contributed by atoms with Crippen molar-refractivity contribution in [2.75, 3.05) is 13.1 Å². The van der Waals surface area contributed by atoms with Crippen LogP contribution in [0.15, 0.2) is 55.0 Å². The Morgan fingerprint density at radius 1 is 1.22 bits per heavy atom. The van der Waals surface area contributed by atoms with Crippen molar-refractivity contribution in [3.63, 3.8) is 0 Å². The van der Waals surface area contributed by atoms with Gasteiger partial charge in [-0.3, -0.25) is 4.79 Å². The predicted octanol–water partition coefficient (Wildman–Crippen LogP) is 3.61. The first-order valence-corrected chi connectivity index (χ1v) is 8.43. The molecule has 4 rings (SSSR count). The first-order valence-electron chi connectivity index (χ1n) is 8.43. The molecule has 7 heteroatoms. The van der Waals surface area contributed by atoms with Gasteiger partial charge in [0.2, 0.25) is 0 Å². The van der Waals surface area contributed by atoms with Crippen LogP contribution in [-0.2, 0) is 4.79 Å². The number of carbonyl (C=O) groups excluding carboxylic acids is 1. The average Bonchev–Trinajstić information content (AvgIpc) is 2.97. The van der Waals surface area contributed by atoms with Gasteiger partial charge in [0, 0.05) is 24.7 Å². The molecule has 0 radical (unpaired) electrons. The van der Waals surface area contributed by atoms with Gasteiger partial charge in [0.05, 0.1) is 11.7 Å². The maximum atomic E-state index is 13.3. The van der Waals surface area contributed by atoms with Gasteiger partial charge in [0.1, 0.15) is 5.82 Å². The van der Waals surface area contributed by atoms with Crippen LogP contribution in [0.1, 0.15) is 17.3 Å². The molecule has 3 aromatic rings. The Hall–Kier alpha value is -3.35. The summed E-state index contributed by atoms with van der Waals surface area (Å²) in [4.78, 5) is 17.4. The van der Waals surface area contributed by atoms with Gasteiger partial charge < -0.3 is 4.90 Å². The molecular formula is C20H16F2N4O. The number of carbonyl (C=O) groups is 1. The molecule has 0 bridgehead atoms. The number of rotatable bonds is 4. The van der Waals surface area contributed by atoms with E-state index in [2.05, 4.69) is 16.7 Å². The molecule has 0 saturated carbocycles. The summed E-state index contributed by atoms with van der Waals surface area (Å²) in [6.07, 6.45) is 5.26. The number of benzene rings is 1. The average molecular weight is 366 g/mol. The van der Waals surface area contributed by atoms with E-state index in [4.69, 9.17) is 0 Å². The summed E-state index contributed by atoms with van der Waals surface area (Å²) in [6.45, 7) is 3.74. The SMILES string of the molecule is C=C(F)C(=O)N1CC(n2nc(C=Cc3cccc(F)c3)c3cccnc32)C1. The normalized spacial score (nSPS) is 14.7. The Kier molecular flexibility index (Phi) is 4.27. The molecule has 3 heterocycles. The van der Waals surface area contributed by atoms with Gasteiger partial charge in [-0.15, -0.1) is 0 Å². The zero-order valence-corrected chi connectivity index (χ0v) is 14.3. The lowest BCUT2D eigenvalue weighted by atomic mass is 10.1. The number of likely N-dealkylation sites (tertiary alicyclic amines) is 1. The van der Waals surface area contributed by atoms with Gasteiger partial charge in [0.25, 0.3) is 5.91 Å². The van der Waals surface area contributed by atoms with Crippen molar-refractivity contribution >= 4 is 29.1 Å². The molecule has 0 aliphatic carbocycles. The molecule has 2 aromatic heterocycles. The number of pyridine rings is 1. The second-order valence-electron chi connectivity index (χ2n) is 6.36. The lowest BCUT2D eigenvalue weighted by molar-refractivity contribution is -0.134. The van der Waals surface area contributed by atoms with E-state index in [1.54, 1.807) is 35.2 Å². The van der Waals surface area contributed by atoms with Crippen LogP contribution < -0.4 is 0 Å². The maximum absolute atomic E-state index is 13.3. The third-order valence-corrected chi connectivity index (χ3v) is 4.50. The number of hydrogen-bond acceptors (Lipinski definition) is 3. The Morgan fingerprint density at radius 2 is 2.04 bits per heavy atom. The summed E-state index contributed by atoms with van der Waals surface area (Å²) in [7, 11) is 0. The highest BCUT2D eigenvalue weighted by molar-refractivity contribution is 5.91. The van der Waals surface area contributed by atoms with Gasteiger partial charge in [-0.05, 0) is 35.9 Å². The number of amides is 1. The topological polar surface area (TPSA) is 51.0 Å². The molecule has 1 saturated heterocycles. The van der Waals surface area contributed by atoms with Crippen LogP contribution in [0, 0.1) is 5.82 Å². The predicted molar refractivity (Wildman–Crippen MR) is 98.7 cm³/mol. The first-order chi connectivity index (χ1) is 13.0. The number of aromatic nitrogens is 3. The lowest BCUT2D eigenvalue weighted by Gasteiger charge is -2.38. The standard InChI is InChI=1S/C20H16F2N4O/c1-13(21)20(27)25-11-16(12-25)26-19-17(6-3-9-23-19)18(24-26)8-7-14-4-2-5-15(22)10-14/h2-10,16H,1,11-12H2. The van der Waals surface area contributed by atoms with Crippen molar-refractivity contribution in [2.45, 2.75) is 6.04 Å². The molecule has 136 valence electrons. The number of nitrogens with zero attached hydrogens (tertiary/aromatic N) is 4. The molecule has 0 N–H and O–H groups in total. The highest BCUT2D eigenvalue weighted by Crippen LogP contribution is 2.28. The summed E-state index contributed by atoms with van der Waals surface area (Å²) >= 11 is 0. The quantitative estimate of drug-likeness (QED) is 0.663. The van der Waals surface area contributed by atoms with Crippen molar-refractivity contribution in [1.29, 1.82) is 0 Å². The second-order valence-corrected chi connectivity index (χ2v) is 6.36. The summed E-state index contributed by atoms with van der Waals surface area (Å²) in [6, 6.07) is 9.91. The van der Waals surface area contributed by atoms with Gasteiger partial charge in [0.15, 0.2) is 11.5 Å². The minimum atomic E-state index is -0.962. The largest absolute Gasteiger partial charge is 0.332 e. The van der Waals surface area contributed by atoms with Crippen molar-refractivity contribution in [1.82, 2.24) is 19.7 Å². The minimum Gasteiger partial charge on any atom is -0.332 e. The van der Waals surface area contributed by atoms with E-state index in [9.17, 15) is 13.6 Å². The van der Waals surface area contributed by atoms with Gasteiger partial charge >= 0.3 is 0 Å². The minimum absolute atomic E-state index is 0.0815. The monoisotopic (exact) mass is 366 g/mol. The van der Waals surface area contributed by atoms with Gasteiger partial charge in [-0.1, -0.05) is 24.8 Å². The molecule has 1 aliphatic heterocycles. The zero-order chi connectivity index (χ0) is 19.0. The summed E-state index contributed by atoms with van der Waals surface area (Å²) in [5.41, 5.74) is 2.11. The van der Waals surface area contributed by atoms with Gasteiger partial charge in [-0.2, -0.15) is 5.10 Å². The van der Waals surface area contributed by atoms with Crippen LogP contribution in [0.4, 0.5) is 8.78 Å².